The molecule has 1 heterocycles. The average molecular weight is 386 g/mol. The Morgan fingerprint density at radius 2 is 1.63 bits per heavy atom. The van der Waals surface area contributed by atoms with Gasteiger partial charge < -0.3 is 4.74 Å². The topological polar surface area (TPSA) is 35.0 Å². The molecular formula is C21H20F2N2OS. The molecule has 0 spiro atoms. The number of aryl methyl sites for hydroxylation is 1. The number of rotatable bonds is 6. The molecule has 6 heteroatoms. The molecule has 3 nitrogen and oxygen atoms in total. The van der Waals surface area contributed by atoms with Gasteiger partial charge in [0.25, 0.3) is 0 Å². The highest BCUT2D eigenvalue weighted by molar-refractivity contribution is 7.98. The number of hydrogen-bond acceptors (Lipinski definition) is 4. The molecule has 0 aliphatic rings. The van der Waals surface area contributed by atoms with Gasteiger partial charge >= 0.3 is 0 Å². The zero-order chi connectivity index (χ0) is 19.4. The van der Waals surface area contributed by atoms with Crippen LogP contribution in [0, 0.1) is 18.6 Å². The number of nitrogens with zero attached hydrogens (tertiary/aromatic N) is 2. The van der Waals surface area contributed by atoms with Crippen LogP contribution in [0.5, 0.6) is 11.6 Å². The van der Waals surface area contributed by atoms with E-state index >= 15 is 0 Å². The fourth-order valence-corrected chi connectivity index (χ4v) is 3.34. The van der Waals surface area contributed by atoms with E-state index in [1.54, 1.807) is 6.07 Å². The van der Waals surface area contributed by atoms with Gasteiger partial charge in [0.1, 0.15) is 17.4 Å². The second-order valence-corrected chi connectivity index (χ2v) is 7.46. The molecule has 3 rings (SSSR count). The van der Waals surface area contributed by atoms with E-state index in [1.807, 2.05) is 31.2 Å². The van der Waals surface area contributed by atoms with Crippen LogP contribution in [0.2, 0.25) is 0 Å². The van der Waals surface area contributed by atoms with Crippen LogP contribution in [0.4, 0.5) is 8.78 Å². The van der Waals surface area contributed by atoms with Gasteiger partial charge in [-0.15, -0.1) is 0 Å². The monoisotopic (exact) mass is 386 g/mol. The van der Waals surface area contributed by atoms with E-state index in [1.165, 1.54) is 29.5 Å². The summed E-state index contributed by atoms with van der Waals surface area (Å²) in [6.07, 6.45) is 0. The summed E-state index contributed by atoms with van der Waals surface area (Å²) in [5.74, 6) is 0.763. The van der Waals surface area contributed by atoms with Gasteiger partial charge in [-0.05, 0) is 48.2 Å². The Bertz CT molecular complexity index is 910. The Morgan fingerprint density at radius 1 is 0.963 bits per heavy atom. The zero-order valence-corrected chi connectivity index (χ0v) is 16.2. The lowest BCUT2D eigenvalue weighted by Crippen LogP contribution is -1.96. The molecule has 0 atom stereocenters. The van der Waals surface area contributed by atoms with E-state index in [-0.39, 0.29) is 0 Å². The van der Waals surface area contributed by atoms with E-state index in [9.17, 15) is 8.78 Å². The van der Waals surface area contributed by atoms with Crippen molar-refractivity contribution in [2.24, 2.45) is 0 Å². The van der Waals surface area contributed by atoms with Gasteiger partial charge in [-0.1, -0.05) is 37.7 Å². The van der Waals surface area contributed by atoms with Crippen molar-refractivity contribution in [2.45, 2.75) is 37.6 Å². The average Bonchev–Trinajstić information content (AvgIpc) is 2.59. The largest absolute Gasteiger partial charge is 0.439 e. The lowest BCUT2D eigenvalue weighted by atomic mass is 10.0. The molecule has 3 aromatic rings. The van der Waals surface area contributed by atoms with E-state index in [0.717, 1.165) is 11.8 Å². The molecule has 27 heavy (non-hydrogen) atoms. The van der Waals surface area contributed by atoms with Crippen LogP contribution in [0.15, 0.2) is 53.7 Å². The van der Waals surface area contributed by atoms with Crippen molar-refractivity contribution in [3.8, 4) is 11.6 Å². The molecule has 0 N–H and O–H groups in total. The molecule has 0 radical (unpaired) electrons. The Labute approximate surface area is 161 Å². The van der Waals surface area contributed by atoms with Crippen LogP contribution >= 0.6 is 11.8 Å². The zero-order valence-electron chi connectivity index (χ0n) is 15.4. The fourth-order valence-electron chi connectivity index (χ4n) is 2.51. The van der Waals surface area contributed by atoms with Gasteiger partial charge in [0.05, 0.1) is 0 Å². The van der Waals surface area contributed by atoms with Crippen molar-refractivity contribution in [1.82, 2.24) is 9.97 Å². The summed E-state index contributed by atoms with van der Waals surface area (Å²) in [4.78, 5) is 8.75. The van der Waals surface area contributed by atoms with Gasteiger partial charge in [0.2, 0.25) is 5.88 Å². The van der Waals surface area contributed by atoms with Gasteiger partial charge in [0.15, 0.2) is 5.16 Å². The van der Waals surface area contributed by atoms with Crippen LogP contribution in [0.3, 0.4) is 0 Å². The van der Waals surface area contributed by atoms with E-state index in [2.05, 4.69) is 23.8 Å². The molecule has 0 aliphatic heterocycles. The Hall–Kier alpha value is -2.47. The molecule has 2 aromatic carbocycles. The maximum Gasteiger partial charge on any atom is 0.223 e. The molecule has 0 saturated heterocycles. The highest BCUT2D eigenvalue weighted by Crippen LogP contribution is 2.26. The first-order valence-electron chi connectivity index (χ1n) is 8.60. The molecule has 0 amide bonds. The lowest BCUT2D eigenvalue weighted by Gasteiger charge is -2.09. The van der Waals surface area contributed by atoms with Crippen LogP contribution in [-0.2, 0) is 5.75 Å². The van der Waals surface area contributed by atoms with E-state index in [0.29, 0.717) is 34.0 Å². The quantitative estimate of drug-likeness (QED) is 0.369. The summed E-state index contributed by atoms with van der Waals surface area (Å²) >= 11 is 1.30. The molecule has 1 aromatic heterocycles. The minimum absolute atomic E-state index is 0.362. The molecule has 0 fully saturated rings. The van der Waals surface area contributed by atoms with Crippen LogP contribution in [-0.4, -0.2) is 9.97 Å². The first-order chi connectivity index (χ1) is 12.9. The summed E-state index contributed by atoms with van der Waals surface area (Å²) in [7, 11) is 0. The fraction of sp³-hybridized carbons (Fsp3) is 0.238. The molecular weight excluding hydrogens is 366 g/mol. The van der Waals surface area contributed by atoms with Crippen molar-refractivity contribution in [3.05, 3.63) is 77.0 Å². The van der Waals surface area contributed by atoms with Crippen LogP contribution < -0.4 is 4.74 Å². The van der Waals surface area contributed by atoms with Gasteiger partial charge in [0, 0.05) is 23.6 Å². The third kappa shape index (κ3) is 5.50. The van der Waals surface area contributed by atoms with Crippen LogP contribution in [0.25, 0.3) is 0 Å². The number of thioether (sulfide) groups is 1. The predicted molar refractivity (Wildman–Crippen MR) is 103 cm³/mol. The van der Waals surface area contributed by atoms with Crippen LogP contribution in [0.1, 0.15) is 36.6 Å². The first-order valence-corrected chi connectivity index (χ1v) is 9.59. The molecule has 0 aliphatic carbocycles. The van der Waals surface area contributed by atoms with Crippen molar-refractivity contribution in [1.29, 1.82) is 0 Å². The van der Waals surface area contributed by atoms with E-state index < -0.39 is 11.6 Å². The number of hydrogen-bond donors (Lipinski definition) is 0. The third-order valence-electron chi connectivity index (χ3n) is 3.87. The molecule has 140 valence electrons. The summed E-state index contributed by atoms with van der Waals surface area (Å²) in [5, 5.41) is 0.494. The van der Waals surface area contributed by atoms with Crippen molar-refractivity contribution >= 4 is 11.8 Å². The minimum atomic E-state index is -0.593. The maximum absolute atomic E-state index is 13.3. The third-order valence-corrected chi connectivity index (χ3v) is 4.79. The second-order valence-electron chi connectivity index (χ2n) is 6.52. The van der Waals surface area contributed by atoms with Crippen molar-refractivity contribution in [2.75, 3.05) is 0 Å². The first kappa shape index (κ1) is 19.3. The van der Waals surface area contributed by atoms with Gasteiger partial charge in [-0.2, -0.15) is 4.98 Å². The minimum Gasteiger partial charge on any atom is -0.439 e. The standard InChI is InChI=1S/C21H20F2N2OS/c1-13(2)16-4-6-19(7-5-16)26-20-8-14(3)24-21(25-20)27-12-15-9-17(22)11-18(23)10-15/h4-11,13H,12H2,1-3H3. The van der Waals surface area contributed by atoms with Gasteiger partial charge in [-0.3, -0.25) is 0 Å². The number of ether oxygens (including phenoxy) is 1. The van der Waals surface area contributed by atoms with E-state index in [4.69, 9.17) is 4.74 Å². The molecule has 0 saturated carbocycles. The second kappa shape index (κ2) is 8.48. The maximum atomic E-state index is 13.3. The summed E-state index contributed by atoms with van der Waals surface area (Å²) in [5.41, 5.74) is 2.53. The Kier molecular flexibility index (Phi) is 6.06. The Balaban J connectivity index is 1.71. The van der Waals surface area contributed by atoms with Gasteiger partial charge in [-0.25, -0.2) is 13.8 Å². The number of benzene rings is 2. The highest BCUT2D eigenvalue weighted by Gasteiger charge is 2.08. The highest BCUT2D eigenvalue weighted by atomic mass is 32.2. The van der Waals surface area contributed by atoms with Crippen molar-refractivity contribution < 1.29 is 13.5 Å². The predicted octanol–water partition coefficient (Wildman–Crippen LogP) is 6.27. The van der Waals surface area contributed by atoms with Crippen molar-refractivity contribution in [3.63, 3.8) is 0 Å². The molecule has 0 bridgehead atoms. The lowest BCUT2D eigenvalue weighted by molar-refractivity contribution is 0.454. The summed E-state index contributed by atoms with van der Waals surface area (Å²) in [6, 6.07) is 13.1. The Morgan fingerprint density at radius 3 is 2.26 bits per heavy atom. The smallest absolute Gasteiger partial charge is 0.223 e. The molecule has 0 unspecified atom stereocenters. The SMILES string of the molecule is Cc1cc(Oc2ccc(C(C)C)cc2)nc(SCc2cc(F)cc(F)c2)n1. The summed E-state index contributed by atoms with van der Waals surface area (Å²) in [6.45, 7) is 6.12. The summed E-state index contributed by atoms with van der Waals surface area (Å²) < 4.78 is 32.4. The number of aromatic nitrogens is 2. The normalized spacial score (nSPS) is 11.0. The number of halogens is 2.